The van der Waals surface area contributed by atoms with Gasteiger partial charge in [0.25, 0.3) is 0 Å². The Morgan fingerprint density at radius 1 is 1.21 bits per heavy atom. The molecule has 24 heavy (non-hydrogen) atoms. The van der Waals surface area contributed by atoms with Gasteiger partial charge in [-0.2, -0.15) is 5.26 Å². The Hall–Kier alpha value is -3.13. The van der Waals surface area contributed by atoms with Gasteiger partial charge < -0.3 is 9.57 Å². The van der Waals surface area contributed by atoms with Crippen molar-refractivity contribution in [2.24, 2.45) is 11.1 Å². The molecule has 5 nitrogen and oxygen atoms in total. The van der Waals surface area contributed by atoms with E-state index in [4.69, 9.17) is 9.57 Å². The maximum absolute atomic E-state index is 10.6. The third kappa shape index (κ3) is 5.25. The van der Waals surface area contributed by atoms with Gasteiger partial charge in [0.05, 0.1) is 6.61 Å². The predicted octanol–water partition coefficient (Wildman–Crippen LogP) is 3.61. The number of hydrogen-bond acceptors (Lipinski definition) is 5. The van der Waals surface area contributed by atoms with Crippen LogP contribution in [0.1, 0.15) is 22.8 Å². The zero-order valence-electron chi connectivity index (χ0n) is 13.4. The van der Waals surface area contributed by atoms with Gasteiger partial charge >= 0.3 is 0 Å². The zero-order chi connectivity index (χ0) is 17.2. The summed E-state index contributed by atoms with van der Waals surface area (Å²) >= 11 is 0. The van der Waals surface area contributed by atoms with Crippen molar-refractivity contribution in [2.45, 2.75) is 13.5 Å². The van der Waals surface area contributed by atoms with Crippen LogP contribution in [0.3, 0.4) is 0 Å². The Kier molecular flexibility index (Phi) is 6.54. The first-order valence-electron chi connectivity index (χ1n) is 7.55. The molecule has 0 saturated carbocycles. The van der Waals surface area contributed by atoms with E-state index in [2.05, 4.69) is 5.16 Å². The normalized spacial score (nSPS) is 12.1. The van der Waals surface area contributed by atoms with Gasteiger partial charge in [0.1, 0.15) is 24.7 Å². The van der Waals surface area contributed by atoms with E-state index < -0.39 is 0 Å². The maximum Gasteiger partial charge on any atom is 0.163 e. The molecule has 5 heteroatoms. The lowest BCUT2D eigenvalue weighted by atomic mass is 10.1. The van der Waals surface area contributed by atoms with Crippen LogP contribution in [0, 0.1) is 17.2 Å². The highest BCUT2D eigenvalue weighted by atomic mass is 16.6. The molecule has 0 amide bonds. The summed E-state index contributed by atoms with van der Waals surface area (Å²) in [6.45, 7) is 2.45. The van der Waals surface area contributed by atoms with Crippen molar-refractivity contribution in [1.82, 2.24) is 0 Å². The fraction of sp³-hybridized carbons (Fsp3) is 0.211. The number of oxime groups is 1. The second-order valence-electron chi connectivity index (χ2n) is 5.25. The average Bonchev–Trinajstić information content (AvgIpc) is 2.64. The second kappa shape index (κ2) is 9.11. The van der Waals surface area contributed by atoms with Crippen molar-refractivity contribution in [3.05, 3.63) is 65.7 Å². The second-order valence-corrected chi connectivity index (χ2v) is 5.25. The molecule has 0 aliphatic carbocycles. The minimum absolute atomic E-state index is 0.212. The number of nitrogens with zero attached hydrogens (tertiary/aromatic N) is 2. The predicted molar refractivity (Wildman–Crippen MR) is 90.8 cm³/mol. The van der Waals surface area contributed by atoms with E-state index in [1.54, 1.807) is 24.3 Å². The SMILES string of the molecule is CC(COc1ccc(C=O)cc1)/C(C#N)=N\OCc1ccccc1. The summed E-state index contributed by atoms with van der Waals surface area (Å²) in [7, 11) is 0. The largest absolute Gasteiger partial charge is 0.493 e. The standard InChI is InChI=1S/C19H18N2O3/c1-15(13-23-18-9-7-16(12-22)8-10-18)19(11-20)21-24-14-17-5-3-2-4-6-17/h2-10,12,15H,13-14H2,1H3/b21-19-. The molecule has 122 valence electrons. The van der Waals surface area contributed by atoms with Crippen LogP contribution >= 0.6 is 0 Å². The third-order valence-electron chi connectivity index (χ3n) is 3.33. The summed E-state index contributed by atoms with van der Waals surface area (Å²) in [4.78, 5) is 15.9. The van der Waals surface area contributed by atoms with E-state index in [0.717, 1.165) is 11.8 Å². The van der Waals surface area contributed by atoms with Gasteiger partial charge in [-0.3, -0.25) is 4.79 Å². The van der Waals surface area contributed by atoms with Crippen molar-refractivity contribution in [3.63, 3.8) is 0 Å². The van der Waals surface area contributed by atoms with E-state index in [9.17, 15) is 10.1 Å². The Labute approximate surface area is 141 Å². The first-order valence-corrected chi connectivity index (χ1v) is 7.55. The van der Waals surface area contributed by atoms with Crippen molar-refractivity contribution in [3.8, 4) is 11.8 Å². The van der Waals surface area contributed by atoms with Crippen molar-refractivity contribution >= 4 is 12.0 Å². The molecule has 0 N–H and O–H groups in total. The van der Waals surface area contributed by atoms with Gasteiger partial charge in [-0.05, 0) is 29.8 Å². The van der Waals surface area contributed by atoms with Crippen LogP contribution < -0.4 is 4.74 Å². The topological polar surface area (TPSA) is 71.7 Å². The van der Waals surface area contributed by atoms with E-state index in [1.807, 2.05) is 43.3 Å². The Bertz CT molecular complexity index is 719. The van der Waals surface area contributed by atoms with Crippen molar-refractivity contribution < 1.29 is 14.4 Å². The molecule has 0 fully saturated rings. The van der Waals surface area contributed by atoms with E-state index in [1.165, 1.54) is 0 Å². The third-order valence-corrected chi connectivity index (χ3v) is 3.33. The molecule has 0 bridgehead atoms. The number of rotatable bonds is 8. The van der Waals surface area contributed by atoms with Gasteiger partial charge in [0, 0.05) is 11.5 Å². The molecule has 2 aromatic rings. The Morgan fingerprint density at radius 3 is 2.54 bits per heavy atom. The fourth-order valence-corrected chi connectivity index (χ4v) is 1.91. The molecular formula is C19H18N2O3. The van der Waals surface area contributed by atoms with E-state index >= 15 is 0 Å². The lowest BCUT2D eigenvalue weighted by Gasteiger charge is -2.11. The smallest absolute Gasteiger partial charge is 0.163 e. The van der Waals surface area contributed by atoms with E-state index in [0.29, 0.717) is 24.5 Å². The first-order chi connectivity index (χ1) is 11.7. The van der Waals surface area contributed by atoms with Crippen LogP contribution in [0.25, 0.3) is 0 Å². The highest BCUT2D eigenvalue weighted by Crippen LogP contribution is 2.13. The van der Waals surface area contributed by atoms with Crippen molar-refractivity contribution in [2.75, 3.05) is 6.61 Å². The molecule has 0 saturated heterocycles. The monoisotopic (exact) mass is 322 g/mol. The molecule has 0 heterocycles. The highest BCUT2D eigenvalue weighted by Gasteiger charge is 2.12. The summed E-state index contributed by atoms with van der Waals surface area (Å²) in [6.07, 6.45) is 0.775. The number of aldehydes is 1. The fourth-order valence-electron chi connectivity index (χ4n) is 1.91. The van der Waals surface area contributed by atoms with Gasteiger partial charge in [0.15, 0.2) is 5.71 Å². The molecule has 1 atom stereocenters. The van der Waals surface area contributed by atoms with Gasteiger partial charge in [0.2, 0.25) is 0 Å². The molecule has 0 spiro atoms. The summed E-state index contributed by atoms with van der Waals surface area (Å²) < 4.78 is 5.61. The molecule has 1 unspecified atom stereocenters. The quantitative estimate of drug-likeness (QED) is 0.423. The van der Waals surface area contributed by atoms with Gasteiger partial charge in [-0.25, -0.2) is 0 Å². The van der Waals surface area contributed by atoms with Crippen molar-refractivity contribution in [1.29, 1.82) is 5.26 Å². The van der Waals surface area contributed by atoms with E-state index in [-0.39, 0.29) is 11.6 Å². The zero-order valence-corrected chi connectivity index (χ0v) is 13.4. The van der Waals surface area contributed by atoms with Gasteiger partial charge in [-0.1, -0.05) is 42.4 Å². The molecular weight excluding hydrogens is 304 g/mol. The van der Waals surface area contributed by atoms with Crippen LogP contribution in [0.4, 0.5) is 0 Å². The maximum atomic E-state index is 10.6. The molecule has 0 aromatic heterocycles. The highest BCUT2D eigenvalue weighted by molar-refractivity contribution is 5.99. The van der Waals surface area contributed by atoms with Crippen LogP contribution in [0.2, 0.25) is 0 Å². The number of carbonyl (C=O) groups is 1. The molecule has 0 aliphatic rings. The number of nitriles is 1. The summed E-state index contributed by atoms with van der Waals surface area (Å²) in [5.74, 6) is 0.423. The first kappa shape index (κ1) is 17.2. The Morgan fingerprint density at radius 2 is 1.92 bits per heavy atom. The summed E-state index contributed by atoms with van der Waals surface area (Å²) in [5.41, 5.74) is 1.84. The summed E-state index contributed by atoms with van der Waals surface area (Å²) in [5, 5.41) is 13.1. The molecule has 0 radical (unpaired) electrons. The van der Waals surface area contributed by atoms with Crippen LogP contribution in [-0.4, -0.2) is 18.6 Å². The van der Waals surface area contributed by atoms with Crippen LogP contribution in [-0.2, 0) is 11.4 Å². The number of carbonyl (C=O) groups excluding carboxylic acids is 1. The molecule has 0 aliphatic heterocycles. The minimum atomic E-state index is -0.212. The number of hydrogen-bond donors (Lipinski definition) is 0. The van der Waals surface area contributed by atoms with Crippen LogP contribution in [0.5, 0.6) is 5.75 Å². The Balaban J connectivity index is 1.85. The van der Waals surface area contributed by atoms with Crippen LogP contribution in [0.15, 0.2) is 59.8 Å². The average molecular weight is 322 g/mol. The molecule has 2 rings (SSSR count). The summed E-state index contributed by atoms with van der Waals surface area (Å²) in [6, 6.07) is 18.4. The number of benzene rings is 2. The number of ether oxygens (including phenoxy) is 1. The minimum Gasteiger partial charge on any atom is -0.493 e. The lowest BCUT2D eigenvalue weighted by molar-refractivity contribution is 0.112. The molecule has 2 aromatic carbocycles. The van der Waals surface area contributed by atoms with Gasteiger partial charge in [-0.15, -0.1) is 0 Å². The lowest BCUT2D eigenvalue weighted by Crippen LogP contribution is -2.18.